The summed E-state index contributed by atoms with van der Waals surface area (Å²) < 4.78 is 13.9. The van der Waals surface area contributed by atoms with Crippen molar-refractivity contribution in [2.45, 2.75) is 12.8 Å². The lowest BCUT2D eigenvalue weighted by molar-refractivity contribution is 0.419. The van der Waals surface area contributed by atoms with Gasteiger partial charge < -0.3 is 10.4 Å². The van der Waals surface area contributed by atoms with E-state index in [0.717, 1.165) is 25.9 Å². The maximum absolute atomic E-state index is 13.2. The third-order valence-electron chi connectivity index (χ3n) is 2.78. The Labute approximate surface area is 96.6 Å². The second kappa shape index (κ2) is 4.49. The van der Waals surface area contributed by atoms with E-state index in [-0.39, 0.29) is 5.75 Å². The minimum atomic E-state index is -0.551. The molecule has 2 rings (SSSR count). The first-order valence-corrected chi connectivity index (χ1v) is 5.83. The highest BCUT2D eigenvalue weighted by Gasteiger charge is 2.18. The standard InChI is InChI=1S/C11H13BrFNO/c12-9-4-8(11(15)10(13)5-9)3-7-1-2-14-6-7/h4-5,7,14-15H,1-3,6H2. The molecule has 1 aliphatic heterocycles. The van der Waals surface area contributed by atoms with Crippen molar-refractivity contribution < 1.29 is 9.50 Å². The SMILES string of the molecule is Oc1c(F)cc(Br)cc1CC1CCNC1. The van der Waals surface area contributed by atoms with E-state index in [1.165, 1.54) is 6.07 Å². The summed E-state index contributed by atoms with van der Waals surface area (Å²) in [5, 5.41) is 12.8. The number of hydrogen-bond donors (Lipinski definition) is 2. The van der Waals surface area contributed by atoms with Gasteiger partial charge >= 0.3 is 0 Å². The van der Waals surface area contributed by atoms with E-state index >= 15 is 0 Å². The molecule has 0 bridgehead atoms. The molecule has 1 saturated heterocycles. The van der Waals surface area contributed by atoms with Crippen LogP contribution in [0.3, 0.4) is 0 Å². The monoisotopic (exact) mass is 273 g/mol. The first-order chi connectivity index (χ1) is 7.16. The van der Waals surface area contributed by atoms with E-state index in [1.807, 2.05) is 0 Å². The maximum Gasteiger partial charge on any atom is 0.166 e. The highest BCUT2D eigenvalue weighted by Crippen LogP contribution is 2.29. The van der Waals surface area contributed by atoms with Crippen LogP contribution < -0.4 is 5.32 Å². The molecule has 0 aliphatic carbocycles. The smallest absolute Gasteiger partial charge is 0.166 e. The molecule has 1 atom stereocenters. The van der Waals surface area contributed by atoms with Gasteiger partial charge in [0.1, 0.15) is 0 Å². The fraction of sp³-hybridized carbons (Fsp3) is 0.455. The lowest BCUT2D eigenvalue weighted by Crippen LogP contribution is -2.11. The quantitative estimate of drug-likeness (QED) is 0.868. The molecule has 15 heavy (non-hydrogen) atoms. The van der Waals surface area contributed by atoms with Crippen LogP contribution in [-0.2, 0) is 6.42 Å². The number of phenolic OH excluding ortho intramolecular Hbond substituents is 1. The van der Waals surface area contributed by atoms with Gasteiger partial charge in [0, 0.05) is 4.47 Å². The minimum Gasteiger partial charge on any atom is -0.505 e. The van der Waals surface area contributed by atoms with Crippen molar-refractivity contribution in [3.63, 3.8) is 0 Å². The first kappa shape index (κ1) is 10.9. The average molecular weight is 274 g/mol. The van der Waals surface area contributed by atoms with Gasteiger partial charge in [-0.1, -0.05) is 15.9 Å². The Bertz CT molecular complexity index is 364. The van der Waals surface area contributed by atoms with Crippen LogP contribution in [0.5, 0.6) is 5.75 Å². The van der Waals surface area contributed by atoms with Crippen molar-refractivity contribution in [3.05, 3.63) is 28.0 Å². The van der Waals surface area contributed by atoms with Gasteiger partial charge in [-0.05, 0) is 49.5 Å². The Morgan fingerprint density at radius 3 is 3.00 bits per heavy atom. The molecule has 1 aromatic rings. The second-order valence-electron chi connectivity index (χ2n) is 3.96. The Hall–Kier alpha value is -0.610. The Kier molecular flexibility index (Phi) is 3.26. The average Bonchev–Trinajstić information content (AvgIpc) is 2.66. The third-order valence-corrected chi connectivity index (χ3v) is 3.24. The largest absolute Gasteiger partial charge is 0.505 e. The predicted molar refractivity (Wildman–Crippen MR) is 60.4 cm³/mol. The predicted octanol–water partition coefficient (Wildman–Crippen LogP) is 2.45. The summed E-state index contributed by atoms with van der Waals surface area (Å²) in [4.78, 5) is 0. The van der Waals surface area contributed by atoms with Gasteiger partial charge in [0.2, 0.25) is 0 Å². The normalized spacial score (nSPS) is 20.8. The van der Waals surface area contributed by atoms with E-state index < -0.39 is 5.82 Å². The highest BCUT2D eigenvalue weighted by atomic mass is 79.9. The van der Waals surface area contributed by atoms with E-state index in [0.29, 0.717) is 16.0 Å². The van der Waals surface area contributed by atoms with Crippen LogP contribution in [0.1, 0.15) is 12.0 Å². The number of benzene rings is 1. The minimum absolute atomic E-state index is 0.204. The number of rotatable bonds is 2. The lowest BCUT2D eigenvalue weighted by atomic mass is 9.98. The molecular formula is C11H13BrFNO. The number of nitrogens with one attached hydrogen (secondary N) is 1. The number of aromatic hydroxyl groups is 1. The Morgan fingerprint density at radius 1 is 1.53 bits per heavy atom. The molecule has 2 N–H and O–H groups in total. The van der Waals surface area contributed by atoms with E-state index in [2.05, 4.69) is 21.2 Å². The van der Waals surface area contributed by atoms with Crippen molar-refractivity contribution in [1.82, 2.24) is 5.32 Å². The molecule has 1 fully saturated rings. The summed E-state index contributed by atoms with van der Waals surface area (Å²) >= 11 is 3.23. The molecule has 1 unspecified atom stereocenters. The van der Waals surface area contributed by atoms with Crippen LogP contribution in [0.15, 0.2) is 16.6 Å². The molecule has 1 aliphatic rings. The fourth-order valence-corrected chi connectivity index (χ4v) is 2.45. The van der Waals surface area contributed by atoms with Crippen LogP contribution in [0.4, 0.5) is 4.39 Å². The topological polar surface area (TPSA) is 32.3 Å². The maximum atomic E-state index is 13.2. The molecule has 4 heteroatoms. The zero-order valence-corrected chi connectivity index (χ0v) is 9.85. The summed E-state index contributed by atoms with van der Waals surface area (Å²) in [5.41, 5.74) is 0.690. The number of halogens is 2. The third kappa shape index (κ3) is 2.49. The van der Waals surface area contributed by atoms with Gasteiger partial charge in [-0.15, -0.1) is 0 Å². The van der Waals surface area contributed by atoms with Crippen molar-refractivity contribution in [3.8, 4) is 5.75 Å². The number of phenols is 1. The molecule has 0 spiro atoms. The first-order valence-electron chi connectivity index (χ1n) is 5.04. The molecule has 0 aromatic heterocycles. The van der Waals surface area contributed by atoms with Gasteiger partial charge in [-0.25, -0.2) is 4.39 Å². The van der Waals surface area contributed by atoms with Crippen LogP contribution in [0.2, 0.25) is 0 Å². The van der Waals surface area contributed by atoms with Crippen LogP contribution in [0, 0.1) is 11.7 Å². The van der Waals surface area contributed by atoms with E-state index in [1.54, 1.807) is 6.07 Å². The Morgan fingerprint density at radius 2 is 2.33 bits per heavy atom. The second-order valence-corrected chi connectivity index (χ2v) is 4.87. The molecule has 0 amide bonds. The van der Waals surface area contributed by atoms with E-state index in [4.69, 9.17) is 0 Å². The molecule has 0 saturated carbocycles. The molecule has 0 radical (unpaired) electrons. The van der Waals surface area contributed by atoms with Gasteiger partial charge in [0.25, 0.3) is 0 Å². The van der Waals surface area contributed by atoms with Crippen molar-refractivity contribution in [2.24, 2.45) is 5.92 Å². The fourth-order valence-electron chi connectivity index (χ4n) is 1.97. The summed E-state index contributed by atoms with van der Waals surface area (Å²) in [7, 11) is 0. The van der Waals surface area contributed by atoms with Gasteiger partial charge in [0.05, 0.1) is 0 Å². The summed E-state index contributed by atoms with van der Waals surface area (Å²) in [6, 6.07) is 3.07. The number of hydrogen-bond acceptors (Lipinski definition) is 2. The molecule has 2 nitrogen and oxygen atoms in total. The Balaban J connectivity index is 2.19. The van der Waals surface area contributed by atoms with Crippen LogP contribution in [0.25, 0.3) is 0 Å². The zero-order chi connectivity index (χ0) is 10.8. The van der Waals surface area contributed by atoms with Crippen molar-refractivity contribution in [1.29, 1.82) is 0 Å². The van der Waals surface area contributed by atoms with Crippen molar-refractivity contribution in [2.75, 3.05) is 13.1 Å². The molecule has 1 aromatic carbocycles. The summed E-state index contributed by atoms with van der Waals surface area (Å²) in [6.07, 6.45) is 1.82. The van der Waals surface area contributed by atoms with Crippen LogP contribution >= 0.6 is 15.9 Å². The van der Waals surface area contributed by atoms with Crippen LogP contribution in [-0.4, -0.2) is 18.2 Å². The molecule has 82 valence electrons. The van der Waals surface area contributed by atoms with Crippen molar-refractivity contribution >= 4 is 15.9 Å². The van der Waals surface area contributed by atoms with Gasteiger partial charge in [-0.3, -0.25) is 0 Å². The zero-order valence-electron chi connectivity index (χ0n) is 8.26. The summed E-state index contributed by atoms with van der Waals surface area (Å²) in [5.74, 6) is -0.250. The lowest BCUT2D eigenvalue weighted by Gasteiger charge is -2.10. The van der Waals surface area contributed by atoms with Gasteiger partial charge in [-0.2, -0.15) is 0 Å². The van der Waals surface area contributed by atoms with Gasteiger partial charge in [0.15, 0.2) is 11.6 Å². The molecule has 1 heterocycles. The van der Waals surface area contributed by atoms with E-state index in [9.17, 15) is 9.50 Å². The molecular weight excluding hydrogens is 261 g/mol. The summed E-state index contributed by atoms with van der Waals surface area (Å²) in [6.45, 7) is 1.97. The highest BCUT2D eigenvalue weighted by molar-refractivity contribution is 9.10.